The van der Waals surface area contributed by atoms with Crippen molar-refractivity contribution < 1.29 is 28.5 Å². The molecule has 0 bridgehead atoms. The molecular weight excluding hydrogens is 685 g/mol. The largest absolute Gasteiger partial charge is 0.490 e. The highest BCUT2D eigenvalue weighted by Gasteiger charge is 2.15. The minimum absolute atomic E-state index is 0.188. The third-order valence-corrected chi connectivity index (χ3v) is 7.27. The molecule has 0 aliphatic carbocycles. The zero-order valence-corrected chi connectivity index (χ0v) is 27.8. The first-order valence-corrected chi connectivity index (χ1v) is 15.6. The fourth-order valence-corrected chi connectivity index (χ4v) is 5.04. The van der Waals surface area contributed by atoms with E-state index in [0.29, 0.717) is 53.9 Å². The van der Waals surface area contributed by atoms with Crippen molar-refractivity contribution in [1.29, 1.82) is 0 Å². The van der Waals surface area contributed by atoms with Crippen LogP contribution in [0, 0.1) is 17.4 Å². The van der Waals surface area contributed by atoms with Gasteiger partial charge in [0.2, 0.25) is 0 Å². The molecule has 2 N–H and O–H groups in total. The van der Waals surface area contributed by atoms with Crippen LogP contribution in [0.3, 0.4) is 0 Å². The number of nitrogens with zero attached hydrogens (tertiary/aromatic N) is 1. The molecule has 45 heavy (non-hydrogen) atoms. The molecule has 0 radical (unpaired) electrons. The number of hydrazone groups is 1. The maximum atomic E-state index is 12.9. The monoisotopic (exact) mass is 721 g/mol. The zero-order valence-electron chi connectivity index (χ0n) is 25.7. The Morgan fingerprint density at radius 1 is 0.822 bits per heavy atom. The Balaban J connectivity index is 1.39. The first-order valence-electron chi connectivity index (χ1n) is 14.5. The second-order valence-corrected chi connectivity index (χ2v) is 11.1. The molecule has 10 heteroatoms. The lowest BCUT2D eigenvalue weighted by molar-refractivity contribution is -0.118. The maximum Gasteiger partial charge on any atom is 0.271 e. The number of halogens is 1. The number of ether oxygens (including phenoxy) is 4. The number of nitrogens with one attached hydrogen (secondary N) is 2. The van der Waals surface area contributed by atoms with E-state index in [4.69, 9.17) is 18.9 Å². The number of hydrogen-bond donors (Lipinski definition) is 2. The van der Waals surface area contributed by atoms with Gasteiger partial charge in [-0.2, -0.15) is 5.10 Å². The number of anilines is 1. The van der Waals surface area contributed by atoms with Crippen LogP contribution in [0.4, 0.5) is 5.69 Å². The van der Waals surface area contributed by atoms with Crippen molar-refractivity contribution in [2.75, 3.05) is 25.1 Å². The summed E-state index contributed by atoms with van der Waals surface area (Å²) in [5, 5.41) is 7.04. The Labute approximate surface area is 277 Å². The second-order valence-electron chi connectivity index (χ2n) is 9.99. The minimum Gasteiger partial charge on any atom is -0.490 e. The number of carbonyl (C=O) groups excluding carboxylic acids is 2. The summed E-state index contributed by atoms with van der Waals surface area (Å²) in [6.07, 6.45) is 1.51. The van der Waals surface area contributed by atoms with Gasteiger partial charge in [-0.05, 0) is 109 Å². The number of rotatable bonds is 14. The molecule has 2 amide bonds. The van der Waals surface area contributed by atoms with E-state index in [2.05, 4.69) is 38.4 Å². The predicted octanol–water partition coefficient (Wildman–Crippen LogP) is 7.07. The standard InChI is InChI=1S/C35H36IN3O6/c1-5-42-31-19-27(14-15-30(31)44-21-25-10-8-7-9-11-25)35(41)39-37-20-26-17-28(36)34(32(18-26)43-6-2)45-22-33(40)38-29-16-23(3)12-13-24(29)4/h7-20H,5-6,21-22H2,1-4H3,(H,38,40)(H,39,41)/b37-20+. The molecule has 0 saturated heterocycles. The number of carbonyl (C=O) groups is 2. The van der Waals surface area contributed by atoms with Crippen molar-refractivity contribution in [2.45, 2.75) is 34.3 Å². The summed E-state index contributed by atoms with van der Waals surface area (Å²) in [5.41, 5.74) is 7.40. The summed E-state index contributed by atoms with van der Waals surface area (Å²) in [6.45, 7) is 8.64. The molecule has 0 fully saturated rings. The van der Waals surface area contributed by atoms with Gasteiger partial charge in [0.15, 0.2) is 29.6 Å². The van der Waals surface area contributed by atoms with Crippen molar-refractivity contribution in [3.8, 4) is 23.0 Å². The van der Waals surface area contributed by atoms with Crippen LogP contribution in [0.5, 0.6) is 23.0 Å². The van der Waals surface area contributed by atoms with Gasteiger partial charge >= 0.3 is 0 Å². The number of benzene rings is 4. The van der Waals surface area contributed by atoms with Crippen LogP contribution in [0.25, 0.3) is 0 Å². The Bertz CT molecular complexity index is 1660. The van der Waals surface area contributed by atoms with Crippen LogP contribution >= 0.6 is 22.6 Å². The Kier molecular flexibility index (Phi) is 12.2. The molecule has 0 spiro atoms. The first kappa shape index (κ1) is 33.3. The van der Waals surface area contributed by atoms with Crippen LogP contribution in [0.2, 0.25) is 0 Å². The molecule has 4 aromatic rings. The van der Waals surface area contributed by atoms with Gasteiger partial charge in [0.1, 0.15) is 6.61 Å². The zero-order chi connectivity index (χ0) is 32.2. The summed E-state index contributed by atoms with van der Waals surface area (Å²) in [7, 11) is 0. The highest BCUT2D eigenvalue weighted by molar-refractivity contribution is 14.1. The van der Waals surface area contributed by atoms with E-state index in [1.54, 1.807) is 24.3 Å². The molecule has 0 aliphatic heterocycles. The van der Waals surface area contributed by atoms with Crippen LogP contribution in [0.1, 0.15) is 46.5 Å². The van der Waals surface area contributed by atoms with Crippen molar-refractivity contribution in [2.24, 2.45) is 5.10 Å². The molecule has 0 unspecified atom stereocenters. The van der Waals surface area contributed by atoms with E-state index in [1.165, 1.54) is 6.21 Å². The molecule has 9 nitrogen and oxygen atoms in total. The summed E-state index contributed by atoms with van der Waals surface area (Å²) in [4.78, 5) is 25.5. The van der Waals surface area contributed by atoms with Gasteiger partial charge in [0, 0.05) is 11.3 Å². The molecule has 0 saturated carbocycles. The van der Waals surface area contributed by atoms with Crippen molar-refractivity contribution >= 4 is 46.3 Å². The summed E-state index contributed by atoms with van der Waals surface area (Å²) >= 11 is 2.12. The maximum absolute atomic E-state index is 12.9. The van der Waals surface area contributed by atoms with Gasteiger partial charge in [0.05, 0.1) is 23.0 Å². The van der Waals surface area contributed by atoms with Crippen LogP contribution in [0.15, 0.2) is 84.0 Å². The topological polar surface area (TPSA) is 107 Å². The molecule has 4 aromatic carbocycles. The van der Waals surface area contributed by atoms with Crippen LogP contribution < -0.4 is 29.7 Å². The lowest BCUT2D eigenvalue weighted by Crippen LogP contribution is -2.21. The molecule has 234 valence electrons. The van der Waals surface area contributed by atoms with Crippen molar-refractivity contribution in [3.63, 3.8) is 0 Å². The number of aryl methyl sites for hydroxylation is 2. The Morgan fingerprint density at radius 3 is 2.33 bits per heavy atom. The van der Waals surface area contributed by atoms with Crippen molar-refractivity contribution in [3.05, 3.63) is 110 Å². The van der Waals surface area contributed by atoms with E-state index < -0.39 is 5.91 Å². The van der Waals surface area contributed by atoms with E-state index in [0.717, 1.165) is 25.9 Å². The Hall–Kier alpha value is -4.58. The molecular formula is C35H36IN3O6. The lowest BCUT2D eigenvalue weighted by atomic mass is 10.1. The summed E-state index contributed by atoms with van der Waals surface area (Å²) in [5.74, 6) is 1.25. The minimum atomic E-state index is -0.406. The SMILES string of the molecule is CCOc1cc(C(=O)N/N=C/c2cc(I)c(OCC(=O)Nc3cc(C)ccc3C)c(OCC)c2)ccc1OCc1ccccc1. The second kappa shape index (κ2) is 16.5. The van der Waals surface area contributed by atoms with Crippen LogP contribution in [-0.4, -0.2) is 37.8 Å². The van der Waals surface area contributed by atoms with Gasteiger partial charge in [-0.15, -0.1) is 0 Å². The quantitative estimate of drug-likeness (QED) is 0.0821. The van der Waals surface area contributed by atoms with Gasteiger partial charge < -0.3 is 24.3 Å². The van der Waals surface area contributed by atoms with Gasteiger partial charge in [-0.25, -0.2) is 5.43 Å². The normalized spacial score (nSPS) is 10.8. The molecule has 0 heterocycles. The van der Waals surface area contributed by atoms with E-state index in [-0.39, 0.29) is 12.5 Å². The fraction of sp³-hybridized carbons (Fsp3) is 0.229. The number of hydrogen-bond acceptors (Lipinski definition) is 7. The van der Waals surface area contributed by atoms with Gasteiger partial charge in [-0.1, -0.05) is 42.5 Å². The van der Waals surface area contributed by atoms with E-state index in [9.17, 15) is 9.59 Å². The van der Waals surface area contributed by atoms with Crippen LogP contribution in [-0.2, 0) is 11.4 Å². The fourth-order valence-electron chi connectivity index (χ4n) is 4.26. The third-order valence-electron chi connectivity index (χ3n) is 6.47. The lowest BCUT2D eigenvalue weighted by Gasteiger charge is -2.15. The smallest absolute Gasteiger partial charge is 0.271 e. The molecule has 0 atom stereocenters. The Morgan fingerprint density at radius 2 is 1.58 bits per heavy atom. The molecule has 0 aromatic heterocycles. The van der Waals surface area contributed by atoms with E-state index >= 15 is 0 Å². The third kappa shape index (κ3) is 9.70. The first-order chi connectivity index (χ1) is 21.8. The average molecular weight is 722 g/mol. The van der Waals surface area contributed by atoms with Gasteiger partial charge in [-0.3, -0.25) is 9.59 Å². The molecule has 0 aliphatic rings. The average Bonchev–Trinajstić information content (AvgIpc) is 3.02. The highest BCUT2D eigenvalue weighted by atomic mass is 127. The molecule has 4 rings (SSSR count). The van der Waals surface area contributed by atoms with Crippen molar-refractivity contribution in [1.82, 2.24) is 5.43 Å². The number of amides is 2. The summed E-state index contributed by atoms with van der Waals surface area (Å²) < 4.78 is 24.1. The van der Waals surface area contributed by atoms with E-state index in [1.807, 2.05) is 82.3 Å². The predicted molar refractivity (Wildman–Crippen MR) is 184 cm³/mol. The summed E-state index contributed by atoms with van der Waals surface area (Å²) in [6, 6.07) is 24.2. The highest BCUT2D eigenvalue weighted by Crippen LogP contribution is 2.34. The van der Waals surface area contributed by atoms with Gasteiger partial charge in [0.25, 0.3) is 11.8 Å².